The van der Waals surface area contributed by atoms with Crippen LogP contribution in [0.2, 0.25) is 0 Å². The summed E-state index contributed by atoms with van der Waals surface area (Å²) in [6, 6.07) is 4.55. The molecule has 2 aliphatic rings. The lowest BCUT2D eigenvalue weighted by molar-refractivity contribution is 0.198. The van der Waals surface area contributed by atoms with E-state index in [0.717, 1.165) is 37.0 Å². The molecule has 3 aromatic heterocycles. The van der Waals surface area contributed by atoms with E-state index in [4.69, 9.17) is 0 Å². The van der Waals surface area contributed by atoms with Gasteiger partial charge >= 0.3 is 0 Å². The van der Waals surface area contributed by atoms with E-state index in [1.165, 1.54) is 22.7 Å². The first kappa shape index (κ1) is 14.3. The molecule has 0 unspecified atom stereocenters. The molecule has 0 atom stereocenters. The highest BCUT2D eigenvalue weighted by molar-refractivity contribution is 7.11. The van der Waals surface area contributed by atoms with Crippen molar-refractivity contribution in [2.24, 2.45) is 0 Å². The van der Waals surface area contributed by atoms with Crippen molar-refractivity contribution < 1.29 is 0 Å². The molecule has 1 saturated carbocycles. The van der Waals surface area contributed by atoms with Gasteiger partial charge in [0.15, 0.2) is 5.65 Å². The van der Waals surface area contributed by atoms with Crippen molar-refractivity contribution in [3.8, 4) is 0 Å². The predicted molar refractivity (Wildman–Crippen MR) is 92.3 cm³/mol. The minimum atomic E-state index is 0.565. The second-order valence-corrected chi connectivity index (χ2v) is 7.89. The molecule has 4 heterocycles. The number of likely N-dealkylation sites (N-methyl/N-ethyl adjacent to an activating group) is 1. The lowest BCUT2D eigenvalue weighted by Crippen LogP contribution is -2.58. The zero-order valence-electron chi connectivity index (χ0n) is 13.5. The van der Waals surface area contributed by atoms with Crippen LogP contribution in [0, 0.1) is 0 Å². The minimum Gasteiger partial charge on any atom is -0.352 e. The molecule has 0 amide bonds. The summed E-state index contributed by atoms with van der Waals surface area (Å²) in [6.45, 7) is 3.00. The molecule has 7 nitrogen and oxygen atoms in total. The van der Waals surface area contributed by atoms with Crippen molar-refractivity contribution in [2.45, 2.75) is 31.3 Å². The summed E-state index contributed by atoms with van der Waals surface area (Å²) in [6.07, 6.45) is 6.35. The highest BCUT2D eigenvalue weighted by Gasteiger charge is 2.32. The molecule has 1 saturated heterocycles. The summed E-state index contributed by atoms with van der Waals surface area (Å²) in [5.74, 6) is 1.74. The zero-order valence-corrected chi connectivity index (χ0v) is 14.4. The fourth-order valence-corrected chi connectivity index (χ4v) is 4.25. The van der Waals surface area contributed by atoms with Gasteiger partial charge in [-0.1, -0.05) is 0 Å². The number of nitrogens with zero attached hydrogens (tertiary/aromatic N) is 7. The average Bonchev–Trinajstić information content (AvgIpc) is 3.09. The Morgan fingerprint density at radius 1 is 1.29 bits per heavy atom. The summed E-state index contributed by atoms with van der Waals surface area (Å²) in [5.41, 5.74) is 0.782. The summed E-state index contributed by atoms with van der Waals surface area (Å²) >= 11 is 1.89. The van der Waals surface area contributed by atoms with Gasteiger partial charge in [0.25, 0.3) is 0 Å². The van der Waals surface area contributed by atoms with Gasteiger partial charge in [-0.2, -0.15) is 4.52 Å². The number of hydrogen-bond acceptors (Lipinski definition) is 7. The van der Waals surface area contributed by atoms with Crippen molar-refractivity contribution in [1.29, 1.82) is 0 Å². The van der Waals surface area contributed by atoms with E-state index < -0.39 is 0 Å². The first-order chi connectivity index (χ1) is 11.8. The molecular formula is C16H19N7S. The van der Waals surface area contributed by atoms with Crippen LogP contribution in [0.25, 0.3) is 5.65 Å². The minimum absolute atomic E-state index is 0.565. The van der Waals surface area contributed by atoms with Gasteiger partial charge < -0.3 is 4.90 Å². The highest BCUT2D eigenvalue weighted by atomic mass is 32.1. The van der Waals surface area contributed by atoms with E-state index in [1.54, 1.807) is 10.8 Å². The molecule has 0 radical (unpaired) electrons. The lowest BCUT2D eigenvalue weighted by Gasteiger charge is -2.44. The Kier molecular flexibility index (Phi) is 3.27. The van der Waals surface area contributed by atoms with Gasteiger partial charge in [0.05, 0.1) is 5.01 Å². The van der Waals surface area contributed by atoms with Crippen LogP contribution in [0.15, 0.2) is 24.7 Å². The van der Waals surface area contributed by atoms with Crippen LogP contribution in [0.4, 0.5) is 5.82 Å². The summed E-state index contributed by atoms with van der Waals surface area (Å²) in [4.78, 5) is 10.7. The topological polar surface area (TPSA) is 62.5 Å². The maximum absolute atomic E-state index is 4.58. The fourth-order valence-electron chi connectivity index (χ4n) is 3.10. The second-order valence-electron chi connectivity index (χ2n) is 6.74. The number of hydrogen-bond donors (Lipinski definition) is 0. The number of thiazole rings is 1. The maximum atomic E-state index is 4.58. The Labute approximate surface area is 143 Å². The molecule has 1 aliphatic heterocycles. The van der Waals surface area contributed by atoms with E-state index in [2.05, 4.69) is 43.3 Å². The van der Waals surface area contributed by atoms with Crippen molar-refractivity contribution in [2.75, 3.05) is 25.0 Å². The molecule has 24 heavy (non-hydrogen) atoms. The molecule has 5 rings (SSSR count). The van der Waals surface area contributed by atoms with Crippen LogP contribution < -0.4 is 4.90 Å². The van der Waals surface area contributed by atoms with E-state index in [0.29, 0.717) is 6.04 Å². The van der Waals surface area contributed by atoms with Crippen molar-refractivity contribution >= 4 is 22.8 Å². The molecule has 2 fully saturated rings. The zero-order chi connectivity index (χ0) is 16.1. The first-order valence-corrected chi connectivity index (χ1v) is 9.15. The number of anilines is 1. The maximum Gasteiger partial charge on any atom is 0.177 e. The molecule has 124 valence electrons. The molecular weight excluding hydrogens is 322 g/mol. The number of rotatable bonds is 5. The normalized spacial score (nSPS) is 18.5. The quantitative estimate of drug-likeness (QED) is 0.705. The second kappa shape index (κ2) is 5.49. The van der Waals surface area contributed by atoms with Crippen molar-refractivity contribution in [3.05, 3.63) is 34.5 Å². The van der Waals surface area contributed by atoms with Crippen LogP contribution in [-0.4, -0.2) is 55.9 Å². The largest absolute Gasteiger partial charge is 0.352 e. The Hall–Kier alpha value is -2.06. The molecule has 8 heteroatoms. The van der Waals surface area contributed by atoms with Gasteiger partial charge in [0, 0.05) is 42.7 Å². The molecule has 0 spiro atoms. The average molecular weight is 341 g/mol. The van der Waals surface area contributed by atoms with Crippen LogP contribution >= 0.6 is 11.3 Å². The van der Waals surface area contributed by atoms with Crippen LogP contribution in [0.5, 0.6) is 0 Å². The van der Waals surface area contributed by atoms with Crippen molar-refractivity contribution in [1.82, 2.24) is 29.7 Å². The van der Waals surface area contributed by atoms with Gasteiger partial charge in [-0.15, -0.1) is 26.6 Å². The Morgan fingerprint density at radius 3 is 3.00 bits per heavy atom. The summed E-state index contributed by atoms with van der Waals surface area (Å²) in [5, 5.41) is 13.8. The van der Waals surface area contributed by atoms with Crippen LogP contribution in [0.1, 0.15) is 28.6 Å². The summed E-state index contributed by atoms with van der Waals surface area (Å²) in [7, 11) is 2.20. The molecule has 0 N–H and O–H groups in total. The number of aromatic nitrogens is 5. The standard InChI is InChI=1S/C16H19N7S/c1-21(9-13-6-17-16(24-13)11-2-3-11)12-7-22(8-12)15-5-4-14-19-18-10-23(14)20-15/h4-6,10-12H,2-3,7-9H2,1H3. The van der Waals surface area contributed by atoms with Crippen LogP contribution in [-0.2, 0) is 6.54 Å². The van der Waals surface area contributed by atoms with Gasteiger partial charge in [-0.05, 0) is 32.0 Å². The van der Waals surface area contributed by atoms with E-state index in [9.17, 15) is 0 Å². The first-order valence-electron chi connectivity index (χ1n) is 8.33. The smallest absolute Gasteiger partial charge is 0.177 e. The molecule has 1 aliphatic carbocycles. The highest BCUT2D eigenvalue weighted by Crippen LogP contribution is 2.41. The van der Waals surface area contributed by atoms with Gasteiger partial charge in [-0.3, -0.25) is 4.90 Å². The van der Waals surface area contributed by atoms with E-state index >= 15 is 0 Å². The van der Waals surface area contributed by atoms with Gasteiger partial charge in [-0.25, -0.2) is 4.98 Å². The Balaban J connectivity index is 1.20. The molecule has 0 aromatic carbocycles. The van der Waals surface area contributed by atoms with E-state index in [1.807, 2.05) is 23.5 Å². The predicted octanol–water partition coefficient (Wildman–Crippen LogP) is 1.78. The SMILES string of the molecule is CN(Cc1cnc(C2CC2)s1)C1CN(c2ccc3nncn3n2)C1. The monoisotopic (exact) mass is 341 g/mol. The number of fused-ring (bicyclic) bond motifs is 1. The Bertz CT molecular complexity index is 862. The van der Waals surface area contributed by atoms with Gasteiger partial charge in [0.1, 0.15) is 12.1 Å². The molecule has 3 aromatic rings. The Morgan fingerprint density at radius 2 is 2.17 bits per heavy atom. The lowest BCUT2D eigenvalue weighted by atomic mass is 10.1. The summed E-state index contributed by atoms with van der Waals surface area (Å²) < 4.78 is 1.73. The van der Waals surface area contributed by atoms with Crippen LogP contribution in [0.3, 0.4) is 0 Å². The third-order valence-electron chi connectivity index (χ3n) is 4.86. The van der Waals surface area contributed by atoms with E-state index in [-0.39, 0.29) is 0 Å². The fraction of sp³-hybridized carbons (Fsp3) is 0.500. The van der Waals surface area contributed by atoms with Gasteiger partial charge in [0.2, 0.25) is 0 Å². The van der Waals surface area contributed by atoms with Crippen molar-refractivity contribution in [3.63, 3.8) is 0 Å². The molecule has 0 bridgehead atoms. The third-order valence-corrected chi connectivity index (χ3v) is 6.01. The third kappa shape index (κ3) is 2.55.